The summed E-state index contributed by atoms with van der Waals surface area (Å²) in [7, 11) is 0. The van der Waals surface area contributed by atoms with Crippen molar-refractivity contribution in [2.75, 3.05) is 16.8 Å². The predicted molar refractivity (Wildman–Crippen MR) is 95.0 cm³/mol. The first-order chi connectivity index (χ1) is 11.6. The van der Waals surface area contributed by atoms with Gasteiger partial charge in [0.1, 0.15) is 0 Å². The number of halogens is 1. The normalized spacial score (nSPS) is 10.5. The second-order valence-electron chi connectivity index (χ2n) is 4.84. The number of hydrogen-bond acceptors (Lipinski definition) is 6. The topological polar surface area (TPSA) is 94.0 Å². The lowest BCUT2D eigenvalue weighted by Crippen LogP contribution is -2.13. The van der Waals surface area contributed by atoms with E-state index in [0.717, 1.165) is 5.56 Å². The van der Waals surface area contributed by atoms with E-state index in [2.05, 4.69) is 15.5 Å². The molecule has 0 unspecified atom stereocenters. The Balaban J connectivity index is 1.56. The van der Waals surface area contributed by atoms with Gasteiger partial charge in [0.25, 0.3) is 5.22 Å². The smallest absolute Gasteiger partial charge is 0.277 e. The van der Waals surface area contributed by atoms with Crippen molar-refractivity contribution in [2.24, 2.45) is 0 Å². The van der Waals surface area contributed by atoms with Gasteiger partial charge in [0.2, 0.25) is 11.8 Å². The Morgan fingerprint density at radius 1 is 1.12 bits per heavy atom. The van der Waals surface area contributed by atoms with Crippen molar-refractivity contribution in [3.63, 3.8) is 0 Å². The third-order valence-electron chi connectivity index (χ3n) is 3.02. The zero-order valence-corrected chi connectivity index (χ0v) is 14.0. The molecule has 0 aliphatic rings. The van der Waals surface area contributed by atoms with Gasteiger partial charge in [-0.25, -0.2) is 0 Å². The van der Waals surface area contributed by atoms with Gasteiger partial charge in [-0.2, -0.15) is 0 Å². The molecule has 6 nitrogen and oxygen atoms in total. The molecule has 0 saturated carbocycles. The fourth-order valence-corrected chi connectivity index (χ4v) is 2.56. The largest absolute Gasteiger partial charge is 0.411 e. The molecular weight excluding hydrogens is 348 g/mol. The van der Waals surface area contributed by atoms with E-state index in [1.165, 1.54) is 11.8 Å². The van der Waals surface area contributed by atoms with Crippen molar-refractivity contribution in [1.82, 2.24) is 10.2 Å². The minimum Gasteiger partial charge on any atom is -0.411 e. The maximum absolute atomic E-state index is 11.9. The van der Waals surface area contributed by atoms with Gasteiger partial charge in [-0.15, -0.1) is 10.2 Å². The van der Waals surface area contributed by atoms with E-state index in [1.54, 1.807) is 48.5 Å². The summed E-state index contributed by atoms with van der Waals surface area (Å²) in [5.74, 6) is 0.372. The maximum atomic E-state index is 11.9. The van der Waals surface area contributed by atoms with Crippen LogP contribution in [0.4, 0.5) is 11.4 Å². The van der Waals surface area contributed by atoms with Crippen molar-refractivity contribution in [3.05, 3.63) is 53.6 Å². The van der Waals surface area contributed by atoms with Crippen LogP contribution in [0.1, 0.15) is 0 Å². The summed E-state index contributed by atoms with van der Waals surface area (Å²) in [5, 5.41) is 11.6. The molecule has 1 heterocycles. The number of benzene rings is 2. The Kier molecular flexibility index (Phi) is 5.02. The third-order valence-corrected chi connectivity index (χ3v) is 4.09. The van der Waals surface area contributed by atoms with Crippen LogP contribution >= 0.6 is 23.4 Å². The second-order valence-corrected chi connectivity index (χ2v) is 6.20. The van der Waals surface area contributed by atoms with E-state index in [9.17, 15) is 4.79 Å². The number of carbonyl (C=O) groups is 1. The lowest BCUT2D eigenvalue weighted by molar-refractivity contribution is -0.113. The lowest BCUT2D eigenvalue weighted by atomic mass is 10.2. The van der Waals surface area contributed by atoms with Crippen LogP contribution in [0.25, 0.3) is 11.5 Å². The summed E-state index contributed by atoms with van der Waals surface area (Å²) in [6, 6.07) is 14.0. The molecule has 24 heavy (non-hydrogen) atoms. The lowest BCUT2D eigenvalue weighted by Gasteiger charge is -2.03. The molecule has 0 aliphatic carbocycles. The Bertz CT molecular complexity index is 834. The molecule has 0 aliphatic heterocycles. The van der Waals surface area contributed by atoms with Crippen molar-refractivity contribution in [1.29, 1.82) is 0 Å². The fraction of sp³-hybridized carbons (Fsp3) is 0.0625. The van der Waals surface area contributed by atoms with E-state index >= 15 is 0 Å². The number of rotatable bonds is 5. The average Bonchev–Trinajstić information content (AvgIpc) is 3.05. The second kappa shape index (κ2) is 7.37. The number of hydrogen-bond donors (Lipinski definition) is 2. The average molecular weight is 361 g/mol. The Morgan fingerprint density at radius 3 is 2.54 bits per heavy atom. The highest BCUT2D eigenvalue weighted by molar-refractivity contribution is 7.99. The van der Waals surface area contributed by atoms with Gasteiger partial charge < -0.3 is 15.5 Å². The quantitative estimate of drug-likeness (QED) is 0.532. The van der Waals surface area contributed by atoms with Gasteiger partial charge in [-0.3, -0.25) is 4.79 Å². The minimum atomic E-state index is -0.172. The number of nitrogen functional groups attached to an aromatic ring is 1. The first kappa shape index (κ1) is 16.4. The number of aromatic nitrogens is 2. The number of thioether (sulfide) groups is 1. The molecular formula is C16H13ClN4O2S. The van der Waals surface area contributed by atoms with Gasteiger partial charge in [-0.1, -0.05) is 23.4 Å². The highest BCUT2D eigenvalue weighted by Gasteiger charge is 2.11. The van der Waals surface area contributed by atoms with Crippen LogP contribution in [0, 0.1) is 0 Å². The zero-order chi connectivity index (χ0) is 16.9. The number of anilines is 2. The van der Waals surface area contributed by atoms with Gasteiger partial charge in [-0.05, 0) is 48.5 Å². The van der Waals surface area contributed by atoms with E-state index in [-0.39, 0.29) is 11.7 Å². The molecule has 3 rings (SSSR count). The molecule has 1 aromatic heterocycles. The van der Waals surface area contributed by atoms with Crippen molar-refractivity contribution >= 4 is 40.6 Å². The highest BCUT2D eigenvalue weighted by Crippen LogP contribution is 2.24. The number of nitrogens with one attached hydrogen (secondary N) is 1. The van der Waals surface area contributed by atoms with Crippen LogP contribution in [0.3, 0.4) is 0 Å². The van der Waals surface area contributed by atoms with Gasteiger partial charge in [0.15, 0.2) is 0 Å². The maximum Gasteiger partial charge on any atom is 0.277 e. The van der Waals surface area contributed by atoms with Crippen molar-refractivity contribution in [2.45, 2.75) is 5.22 Å². The van der Waals surface area contributed by atoms with E-state index in [0.29, 0.717) is 27.5 Å². The molecule has 0 bridgehead atoms. The molecule has 3 N–H and O–H groups in total. The molecule has 0 atom stereocenters. The Morgan fingerprint density at radius 2 is 1.83 bits per heavy atom. The highest BCUT2D eigenvalue weighted by atomic mass is 35.5. The monoisotopic (exact) mass is 360 g/mol. The summed E-state index contributed by atoms with van der Waals surface area (Å²) < 4.78 is 5.53. The van der Waals surface area contributed by atoms with Gasteiger partial charge >= 0.3 is 0 Å². The molecule has 2 aromatic carbocycles. The summed E-state index contributed by atoms with van der Waals surface area (Å²) >= 11 is 6.97. The number of nitrogens with two attached hydrogens (primary N) is 1. The minimum absolute atomic E-state index is 0.159. The summed E-state index contributed by atoms with van der Waals surface area (Å²) in [5.41, 5.74) is 7.75. The number of amides is 1. The zero-order valence-electron chi connectivity index (χ0n) is 12.4. The Labute approximate surface area is 147 Å². The van der Waals surface area contributed by atoms with Crippen LogP contribution < -0.4 is 11.1 Å². The van der Waals surface area contributed by atoms with Crippen LogP contribution in [0.2, 0.25) is 5.02 Å². The standard InChI is InChI=1S/C16H13ClN4O2S/c17-11-3-7-13(8-4-11)19-14(22)9-24-16-21-20-15(23-16)10-1-5-12(18)6-2-10/h1-8H,9,18H2,(H,19,22). The SMILES string of the molecule is Nc1ccc(-c2nnc(SCC(=O)Nc3ccc(Cl)cc3)o2)cc1. The summed E-state index contributed by atoms with van der Waals surface area (Å²) in [4.78, 5) is 11.9. The fourth-order valence-electron chi connectivity index (χ4n) is 1.87. The van der Waals surface area contributed by atoms with Crippen LogP contribution in [0.5, 0.6) is 0 Å². The summed E-state index contributed by atoms with van der Waals surface area (Å²) in [6.45, 7) is 0. The summed E-state index contributed by atoms with van der Waals surface area (Å²) in [6.07, 6.45) is 0. The predicted octanol–water partition coefficient (Wildman–Crippen LogP) is 3.70. The van der Waals surface area contributed by atoms with Crippen molar-refractivity contribution < 1.29 is 9.21 Å². The number of carbonyl (C=O) groups excluding carboxylic acids is 1. The molecule has 0 fully saturated rings. The molecule has 8 heteroatoms. The van der Waals surface area contributed by atoms with Crippen molar-refractivity contribution in [3.8, 4) is 11.5 Å². The molecule has 122 valence electrons. The van der Waals surface area contributed by atoms with E-state index < -0.39 is 0 Å². The van der Waals surface area contributed by atoms with Gasteiger partial charge in [0.05, 0.1) is 5.75 Å². The van der Waals surface area contributed by atoms with Crippen LogP contribution in [-0.4, -0.2) is 21.9 Å². The first-order valence-corrected chi connectivity index (χ1v) is 8.34. The van der Waals surface area contributed by atoms with E-state index in [1.807, 2.05) is 0 Å². The van der Waals surface area contributed by atoms with Crippen LogP contribution in [0.15, 0.2) is 58.2 Å². The Hall–Kier alpha value is -2.51. The van der Waals surface area contributed by atoms with E-state index in [4.69, 9.17) is 21.8 Å². The molecule has 1 amide bonds. The third kappa shape index (κ3) is 4.27. The molecule has 0 saturated heterocycles. The van der Waals surface area contributed by atoms with Crippen LogP contribution in [-0.2, 0) is 4.79 Å². The number of nitrogens with zero attached hydrogens (tertiary/aromatic N) is 2. The molecule has 3 aromatic rings. The molecule has 0 radical (unpaired) electrons. The first-order valence-electron chi connectivity index (χ1n) is 6.98. The van der Waals surface area contributed by atoms with Gasteiger partial charge in [0, 0.05) is 22.0 Å². The molecule has 0 spiro atoms.